The van der Waals surface area contributed by atoms with E-state index in [2.05, 4.69) is 4.72 Å². The maximum absolute atomic E-state index is 13.5. The van der Waals surface area contributed by atoms with Gasteiger partial charge in [-0.15, -0.1) is 0 Å². The molecule has 4 nitrogen and oxygen atoms in total. The van der Waals surface area contributed by atoms with Crippen molar-refractivity contribution in [3.05, 3.63) is 24.0 Å². The maximum Gasteiger partial charge on any atom is 0.243 e. The van der Waals surface area contributed by atoms with Crippen molar-refractivity contribution in [2.75, 3.05) is 5.73 Å². The molecular formula is C11H17FN2O2S. The van der Waals surface area contributed by atoms with Gasteiger partial charge in [-0.05, 0) is 31.5 Å². The second-order valence-corrected chi connectivity index (χ2v) is 5.68. The summed E-state index contributed by atoms with van der Waals surface area (Å²) in [5.41, 5.74) is 5.56. The molecule has 0 aliphatic carbocycles. The van der Waals surface area contributed by atoms with Crippen LogP contribution in [0.2, 0.25) is 0 Å². The van der Waals surface area contributed by atoms with Gasteiger partial charge in [-0.25, -0.2) is 17.5 Å². The highest BCUT2D eigenvalue weighted by atomic mass is 32.2. The number of hydrogen-bond acceptors (Lipinski definition) is 3. The largest absolute Gasteiger partial charge is 0.399 e. The predicted molar refractivity (Wildman–Crippen MR) is 65.5 cm³/mol. The molecule has 0 saturated carbocycles. The van der Waals surface area contributed by atoms with Gasteiger partial charge >= 0.3 is 0 Å². The molecule has 0 saturated heterocycles. The summed E-state index contributed by atoms with van der Waals surface area (Å²) in [7, 11) is -3.81. The van der Waals surface area contributed by atoms with E-state index in [4.69, 9.17) is 5.73 Å². The monoisotopic (exact) mass is 260 g/mol. The summed E-state index contributed by atoms with van der Waals surface area (Å²) in [6.45, 7) is 3.70. The lowest BCUT2D eigenvalue weighted by molar-refractivity contribution is 0.531. The second-order valence-electron chi connectivity index (χ2n) is 4.00. The summed E-state index contributed by atoms with van der Waals surface area (Å²) in [5.74, 6) is -0.832. The van der Waals surface area contributed by atoms with Crippen LogP contribution in [0.15, 0.2) is 23.1 Å². The summed E-state index contributed by atoms with van der Waals surface area (Å²) in [6, 6.07) is 3.31. The van der Waals surface area contributed by atoms with Crippen LogP contribution < -0.4 is 10.5 Å². The van der Waals surface area contributed by atoms with Gasteiger partial charge in [0, 0.05) is 11.7 Å². The van der Waals surface area contributed by atoms with Gasteiger partial charge in [0.15, 0.2) is 0 Å². The quantitative estimate of drug-likeness (QED) is 0.794. The van der Waals surface area contributed by atoms with Crippen LogP contribution in [-0.2, 0) is 10.0 Å². The Morgan fingerprint density at radius 1 is 1.47 bits per heavy atom. The number of nitrogen functional groups attached to an aromatic ring is 1. The molecule has 0 radical (unpaired) electrons. The van der Waals surface area contributed by atoms with Gasteiger partial charge < -0.3 is 5.73 Å². The van der Waals surface area contributed by atoms with Crippen molar-refractivity contribution in [3.8, 4) is 0 Å². The molecule has 0 heterocycles. The highest BCUT2D eigenvalue weighted by molar-refractivity contribution is 7.89. The molecule has 0 aromatic heterocycles. The topological polar surface area (TPSA) is 72.2 Å². The molecule has 3 N–H and O–H groups in total. The third kappa shape index (κ3) is 3.67. The zero-order valence-electron chi connectivity index (χ0n) is 9.90. The molecule has 0 spiro atoms. The maximum atomic E-state index is 13.5. The zero-order chi connectivity index (χ0) is 13.1. The fourth-order valence-corrected chi connectivity index (χ4v) is 2.89. The first-order chi connectivity index (χ1) is 7.86. The molecule has 1 atom stereocenters. The molecular weight excluding hydrogens is 243 g/mol. The van der Waals surface area contributed by atoms with Crippen molar-refractivity contribution in [3.63, 3.8) is 0 Å². The third-order valence-electron chi connectivity index (χ3n) is 2.32. The van der Waals surface area contributed by atoms with Crippen molar-refractivity contribution in [1.82, 2.24) is 4.72 Å². The van der Waals surface area contributed by atoms with E-state index in [0.717, 1.165) is 12.5 Å². The summed E-state index contributed by atoms with van der Waals surface area (Å²) < 4.78 is 39.6. The summed E-state index contributed by atoms with van der Waals surface area (Å²) in [6.07, 6.45) is 1.56. The number of halogens is 1. The van der Waals surface area contributed by atoms with Gasteiger partial charge in [0.2, 0.25) is 10.0 Å². The summed E-state index contributed by atoms with van der Waals surface area (Å²) >= 11 is 0. The second kappa shape index (κ2) is 5.46. The lowest BCUT2D eigenvalue weighted by Crippen LogP contribution is -2.33. The minimum atomic E-state index is -3.81. The number of anilines is 1. The van der Waals surface area contributed by atoms with Gasteiger partial charge in [-0.1, -0.05) is 13.3 Å². The van der Waals surface area contributed by atoms with Crippen molar-refractivity contribution in [2.24, 2.45) is 0 Å². The fraction of sp³-hybridized carbons (Fsp3) is 0.455. The van der Waals surface area contributed by atoms with Crippen LogP contribution in [0.4, 0.5) is 10.1 Å². The number of sulfonamides is 1. The number of rotatable bonds is 5. The molecule has 0 aliphatic rings. The van der Waals surface area contributed by atoms with E-state index >= 15 is 0 Å². The van der Waals surface area contributed by atoms with E-state index < -0.39 is 15.8 Å². The van der Waals surface area contributed by atoms with E-state index in [1.54, 1.807) is 6.92 Å². The van der Waals surface area contributed by atoms with Gasteiger partial charge in [0.25, 0.3) is 0 Å². The van der Waals surface area contributed by atoms with Crippen LogP contribution in [0.25, 0.3) is 0 Å². The van der Waals surface area contributed by atoms with Crippen molar-refractivity contribution in [2.45, 2.75) is 37.6 Å². The minimum absolute atomic E-state index is 0.197. The standard InChI is InChI=1S/C11H17FN2O2S/c1-3-4-8(2)14-17(15,16)11-6-5-9(13)7-10(11)12/h5-8,14H,3-4,13H2,1-2H3. The molecule has 0 fully saturated rings. The molecule has 1 aromatic rings. The van der Waals surface area contributed by atoms with Gasteiger partial charge in [0.05, 0.1) is 0 Å². The van der Waals surface area contributed by atoms with Crippen molar-refractivity contribution < 1.29 is 12.8 Å². The van der Waals surface area contributed by atoms with Crippen LogP contribution in [0, 0.1) is 5.82 Å². The first kappa shape index (κ1) is 13.9. The predicted octanol–water partition coefficient (Wildman–Crippen LogP) is 1.87. The van der Waals surface area contributed by atoms with Gasteiger partial charge in [-0.3, -0.25) is 0 Å². The lowest BCUT2D eigenvalue weighted by Gasteiger charge is -2.13. The molecule has 17 heavy (non-hydrogen) atoms. The first-order valence-corrected chi connectivity index (χ1v) is 6.92. The number of nitrogens with two attached hydrogens (primary N) is 1. The Morgan fingerprint density at radius 2 is 2.12 bits per heavy atom. The Balaban J connectivity index is 2.97. The van der Waals surface area contributed by atoms with Gasteiger partial charge in [-0.2, -0.15) is 0 Å². The van der Waals surface area contributed by atoms with E-state index in [1.165, 1.54) is 12.1 Å². The van der Waals surface area contributed by atoms with Crippen molar-refractivity contribution >= 4 is 15.7 Å². The fourth-order valence-electron chi connectivity index (χ4n) is 1.56. The van der Waals surface area contributed by atoms with Crippen LogP contribution in [0.5, 0.6) is 0 Å². The summed E-state index contributed by atoms with van der Waals surface area (Å²) in [4.78, 5) is -0.366. The Morgan fingerprint density at radius 3 is 2.65 bits per heavy atom. The van der Waals surface area contributed by atoms with Crippen LogP contribution >= 0.6 is 0 Å². The SMILES string of the molecule is CCCC(C)NS(=O)(=O)c1ccc(N)cc1F. The third-order valence-corrected chi connectivity index (χ3v) is 3.95. The molecule has 1 rings (SSSR count). The van der Waals surface area contributed by atoms with E-state index in [1.807, 2.05) is 6.92 Å². The van der Waals surface area contributed by atoms with Gasteiger partial charge in [0.1, 0.15) is 10.7 Å². The molecule has 0 bridgehead atoms. The Kier molecular flexibility index (Phi) is 4.47. The van der Waals surface area contributed by atoms with E-state index in [0.29, 0.717) is 6.42 Å². The highest BCUT2D eigenvalue weighted by Crippen LogP contribution is 2.17. The normalized spacial score (nSPS) is 13.6. The number of nitrogens with one attached hydrogen (secondary N) is 1. The number of hydrogen-bond donors (Lipinski definition) is 2. The highest BCUT2D eigenvalue weighted by Gasteiger charge is 2.20. The van der Waals surface area contributed by atoms with Crippen LogP contribution in [0.3, 0.4) is 0 Å². The zero-order valence-corrected chi connectivity index (χ0v) is 10.7. The molecule has 1 unspecified atom stereocenters. The van der Waals surface area contributed by atoms with Crippen LogP contribution in [-0.4, -0.2) is 14.5 Å². The number of benzene rings is 1. The average Bonchev–Trinajstić information content (AvgIpc) is 2.15. The molecule has 0 aliphatic heterocycles. The Hall–Kier alpha value is -1.14. The Labute approximate surface area is 101 Å². The van der Waals surface area contributed by atoms with Crippen LogP contribution in [0.1, 0.15) is 26.7 Å². The smallest absolute Gasteiger partial charge is 0.243 e. The minimum Gasteiger partial charge on any atom is -0.399 e. The summed E-state index contributed by atoms with van der Waals surface area (Å²) in [5, 5.41) is 0. The lowest BCUT2D eigenvalue weighted by atomic mass is 10.2. The molecule has 1 aromatic carbocycles. The average molecular weight is 260 g/mol. The molecule has 6 heteroatoms. The first-order valence-electron chi connectivity index (χ1n) is 5.44. The van der Waals surface area contributed by atoms with E-state index in [-0.39, 0.29) is 16.6 Å². The molecule has 0 amide bonds. The van der Waals surface area contributed by atoms with Crippen molar-refractivity contribution in [1.29, 1.82) is 0 Å². The van der Waals surface area contributed by atoms with E-state index in [9.17, 15) is 12.8 Å². The molecule has 96 valence electrons. The Bertz CT molecular complexity index is 488.